The lowest BCUT2D eigenvalue weighted by molar-refractivity contribution is -0.239. The number of ether oxygens (including phenoxy) is 3. The Kier molecular flexibility index (Phi) is 6.38. The summed E-state index contributed by atoms with van der Waals surface area (Å²) < 4.78 is 17.1. The molecule has 24 heavy (non-hydrogen) atoms. The summed E-state index contributed by atoms with van der Waals surface area (Å²) in [7, 11) is 0. The molecule has 3 atom stereocenters. The van der Waals surface area contributed by atoms with E-state index in [9.17, 15) is 5.11 Å². The summed E-state index contributed by atoms with van der Waals surface area (Å²) in [4.78, 5) is 0. The third-order valence-electron chi connectivity index (χ3n) is 4.15. The molecule has 1 fully saturated rings. The summed E-state index contributed by atoms with van der Waals surface area (Å²) >= 11 is 0. The van der Waals surface area contributed by atoms with Crippen LogP contribution in [0.3, 0.4) is 0 Å². The van der Waals surface area contributed by atoms with Crippen molar-refractivity contribution in [3.63, 3.8) is 0 Å². The summed E-state index contributed by atoms with van der Waals surface area (Å²) in [6.07, 6.45) is 0.335. The highest BCUT2D eigenvalue weighted by molar-refractivity contribution is 5.14. The Hall–Kier alpha value is -1.72. The molecule has 4 heteroatoms. The highest BCUT2D eigenvalue weighted by Crippen LogP contribution is 2.22. The van der Waals surface area contributed by atoms with E-state index < -0.39 is 6.29 Å². The fourth-order valence-electron chi connectivity index (χ4n) is 2.79. The van der Waals surface area contributed by atoms with E-state index in [0.29, 0.717) is 19.8 Å². The Labute approximate surface area is 143 Å². The first-order valence-electron chi connectivity index (χ1n) is 8.42. The fraction of sp³-hybridized carbons (Fsp3) is 0.400. The van der Waals surface area contributed by atoms with E-state index in [1.807, 2.05) is 60.7 Å². The van der Waals surface area contributed by atoms with Gasteiger partial charge in [0.15, 0.2) is 6.29 Å². The average molecular weight is 328 g/mol. The van der Waals surface area contributed by atoms with Gasteiger partial charge in [-0.15, -0.1) is 0 Å². The van der Waals surface area contributed by atoms with Crippen molar-refractivity contribution in [2.75, 3.05) is 6.61 Å². The van der Waals surface area contributed by atoms with Gasteiger partial charge >= 0.3 is 0 Å². The highest BCUT2D eigenvalue weighted by Gasteiger charge is 2.30. The Morgan fingerprint density at radius 3 is 2.12 bits per heavy atom. The monoisotopic (exact) mass is 328 g/mol. The number of benzene rings is 2. The van der Waals surface area contributed by atoms with Gasteiger partial charge in [-0.05, 0) is 24.0 Å². The first kappa shape index (κ1) is 17.1. The van der Waals surface area contributed by atoms with Gasteiger partial charge in [-0.3, -0.25) is 0 Å². The molecule has 1 aliphatic rings. The molecule has 3 rings (SSSR count). The number of hydrogen-bond acceptors (Lipinski definition) is 4. The van der Waals surface area contributed by atoms with Crippen molar-refractivity contribution in [1.82, 2.24) is 0 Å². The predicted octanol–water partition coefficient (Wildman–Crippen LogP) is 3.29. The van der Waals surface area contributed by atoms with Crippen molar-refractivity contribution >= 4 is 0 Å². The molecule has 0 unspecified atom stereocenters. The maximum absolute atomic E-state index is 10.1. The van der Waals surface area contributed by atoms with Crippen molar-refractivity contribution in [2.45, 2.75) is 44.6 Å². The second-order valence-corrected chi connectivity index (χ2v) is 6.06. The molecule has 1 heterocycles. The topological polar surface area (TPSA) is 47.9 Å². The minimum atomic E-state index is -0.896. The normalized spacial score (nSPS) is 24.0. The van der Waals surface area contributed by atoms with Crippen LogP contribution in [0.25, 0.3) is 0 Å². The fourth-order valence-corrected chi connectivity index (χ4v) is 2.79. The minimum Gasteiger partial charge on any atom is -0.374 e. The molecule has 2 aromatic rings. The maximum atomic E-state index is 10.1. The van der Waals surface area contributed by atoms with E-state index in [-0.39, 0.29) is 12.2 Å². The molecule has 0 radical (unpaired) electrons. The van der Waals surface area contributed by atoms with Crippen molar-refractivity contribution in [2.24, 2.45) is 0 Å². The minimum absolute atomic E-state index is 0.0831. The number of rotatable bonds is 7. The molecule has 0 aromatic heterocycles. The van der Waals surface area contributed by atoms with Gasteiger partial charge in [0.25, 0.3) is 0 Å². The summed E-state index contributed by atoms with van der Waals surface area (Å²) in [5, 5.41) is 10.1. The van der Waals surface area contributed by atoms with E-state index in [0.717, 1.165) is 24.0 Å². The lowest BCUT2D eigenvalue weighted by Gasteiger charge is -2.33. The molecule has 4 nitrogen and oxygen atoms in total. The van der Waals surface area contributed by atoms with Crippen molar-refractivity contribution in [3.05, 3.63) is 71.8 Å². The first-order valence-corrected chi connectivity index (χ1v) is 8.42. The molecular weight excluding hydrogens is 304 g/mol. The van der Waals surface area contributed by atoms with Crippen LogP contribution in [0.4, 0.5) is 0 Å². The van der Waals surface area contributed by atoms with E-state index in [1.54, 1.807) is 0 Å². The molecular formula is C20H24O4. The van der Waals surface area contributed by atoms with Crippen molar-refractivity contribution < 1.29 is 19.3 Å². The SMILES string of the molecule is O[C@H]1O[C@H](COCc2ccccc2)CC[C@H]1OCc1ccccc1. The predicted molar refractivity (Wildman–Crippen MR) is 91.2 cm³/mol. The van der Waals surface area contributed by atoms with Crippen LogP contribution in [0.2, 0.25) is 0 Å². The van der Waals surface area contributed by atoms with E-state index >= 15 is 0 Å². The number of aliphatic hydroxyl groups is 1. The van der Waals surface area contributed by atoms with Gasteiger partial charge in [-0.2, -0.15) is 0 Å². The molecule has 1 saturated heterocycles. The third kappa shape index (κ3) is 5.14. The molecule has 0 amide bonds. The van der Waals surface area contributed by atoms with Gasteiger partial charge in [0.1, 0.15) is 6.10 Å². The second kappa shape index (κ2) is 8.94. The van der Waals surface area contributed by atoms with Crippen LogP contribution in [-0.4, -0.2) is 30.2 Å². The summed E-state index contributed by atoms with van der Waals surface area (Å²) in [6.45, 7) is 1.53. The van der Waals surface area contributed by atoms with Gasteiger partial charge in [-0.1, -0.05) is 60.7 Å². The maximum Gasteiger partial charge on any atom is 0.181 e. The second-order valence-electron chi connectivity index (χ2n) is 6.06. The smallest absolute Gasteiger partial charge is 0.181 e. The molecule has 128 valence electrons. The van der Waals surface area contributed by atoms with E-state index in [1.165, 1.54) is 0 Å². The summed E-state index contributed by atoms with van der Waals surface area (Å²) in [6, 6.07) is 20.0. The van der Waals surface area contributed by atoms with E-state index in [4.69, 9.17) is 14.2 Å². The Morgan fingerprint density at radius 1 is 0.875 bits per heavy atom. The zero-order valence-corrected chi connectivity index (χ0v) is 13.7. The molecule has 0 spiro atoms. The molecule has 0 aliphatic carbocycles. The molecule has 1 aliphatic heterocycles. The Balaban J connectivity index is 1.37. The largest absolute Gasteiger partial charge is 0.374 e. The van der Waals surface area contributed by atoms with Crippen LogP contribution in [0, 0.1) is 0 Å². The Morgan fingerprint density at radius 2 is 1.50 bits per heavy atom. The number of aliphatic hydroxyl groups excluding tert-OH is 1. The molecule has 0 saturated carbocycles. The van der Waals surface area contributed by atoms with Crippen LogP contribution >= 0.6 is 0 Å². The lowest BCUT2D eigenvalue weighted by Crippen LogP contribution is -2.41. The van der Waals surface area contributed by atoms with E-state index in [2.05, 4.69) is 0 Å². The summed E-state index contributed by atoms with van der Waals surface area (Å²) in [5.74, 6) is 0. The average Bonchev–Trinajstić information content (AvgIpc) is 2.63. The van der Waals surface area contributed by atoms with Crippen LogP contribution in [0.5, 0.6) is 0 Å². The lowest BCUT2D eigenvalue weighted by atomic mass is 10.1. The third-order valence-corrected chi connectivity index (χ3v) is 4.15. The van der Waals surface area contributed by atoms with Gasteiger partial charge in [0, 0.05) is 0 Å². The van der Waals surface area contributed by atoms with Crippen LogP contribution < -0.4 is 0 Å². The molecule has 2 aromatic carbocycles. The van der Waals surface area contributed by atoms with Crippen molar-refractivity contribution in [3.8, 4) is 0 Å². The van der Waals surface area contributed by atoms with Gasteiger partial charge in [0.05, 0.1) is 25.9 Å². The first-order chi connectivity index (χ1) is 11.8. The van der Waals surface area contributed by atoms with Crippen molar-refractivity contribution in [1.29, 1.82) is 0 Å². The van der Waals surface area contributed by atoms with Gasteiger partial charge < -0.3 is 19.3 Å². The quantitative estimate of drug-likeness (QED) is 0.847. The van der Waals surface area contributed by atoms with Gasteiger partial charge in [-0.25, -0.2) is 0 Å². The Bertz CT molecular complexity index is 587. The zero-order chi connectivity index (χ0) is 16.6. The van der Waals surface area contributed by atoms with Crippen LogP contribution in [-0.2, 0) is 27.4 Å². The standard InChI is InChI=1S/C20H24O4/c21-20-19(23-14-17-9-5-2-6-10-17)12-11-18(24-20)15-22-13-16-7-3-1-4-8-16/h1-10,18-21H,11-15H2/t18-,19+,20-/m0/s1. The van der Waals surface area contributed by atoms with Crippen LogP contribution in [0.15, 0.2) is 60.7 Å². The number of hydrogen-bond donors (Lipinski definition) is 1. The molecule has 1 N–H and O–H groups in total. The van der Waals surface area contributed by atoms with Gasteiger partial charge in [0.2, 0.25) is 0 Å². The van der Waals surface area contributed by atoms with Crippen LogP contribution in [0.1, 0.15) is 24.0 Å². The zero-order valence-electron chi connectivity index (χ0n) is 13.7. The highest BCUT2D eigenvalue weighted by atomic mass is 16.6. The summed E-state index contributed by atoms with van der Waals surface area (Å²) in [5.41, 5.74) is 2.23. The molecule has 0 bridgehead atoms.